The third-order valence-corrected chi connectivity index (χ3v) is 5.15. The molecule has 2 aromatic carbocycles. The van der Waals surface area contributed by atoms with Crippen LogP contribution in [0.3, 0.4) is 0 Å². The molecule has 0 aliphatic heterocycles. The molecule has 1 amide bonds. The fraction of sp³-hybridized carbons (Fsp3) is 0.250. The number of aryl methyl sites for hydroxylation is 1. The average Bonchev–Trinajstić information content (AvgIpc) is 3.06. The Kier molecular flexibility index (Phi) is 6.13. The molecule has 1 aromatic heterocycles. The van der Waals surface area contributed by atoms with E-state index in [0.717, 1.165) is 22.7 Å². The number of ether oxygens (including phenoxy) is 1. The third kappa shape index (κ3) is 4.89. The molecule has 0 atom stereocenters. The van der Waals surface area contributed by atoms with Gasteiger partial charge in [0.15, 0.2) is 11.0 Å². The molecule has 6 nitrogen and oxygen atoms in total. The first-order chi connectivity index (χ1) is 13.1. The summed E-state index contributed by atoms with van der Waals surface area (Å²) in [7, 11) is 3.54. The molecule has 0 fully saturated rings. The van der Waals surface area contributed by atoms with Gasteiger partial charge in [-0.2, -0.15) is 0 Å². The van der Waals surface area contributed by atoms with Crippen molar-refractivity contribution >= 4 is 17.7 Å². The number of nitrogens with zero attached hydrogens (tertiary/aromatic N) is 3. The Balaban J connectivity index is 1.53. The van der Waals surface area contributed by atoms with Crippen molar-refractivity contribution in [3.8, 4) is 17.1 Å². The van der Waals surface area contributed by atoms with E-state index in [0.29, 0.717) is 11.7 Å². The lowest BCUT2D eigenvalue weighted by Gasteiger charge is -2.07. The van der Waals surface area contributed by atoms with Gasteiger partial charge in [0.05, 0.1) is 12.9 Å². The van der Waals surface area contributed by atoms with Gasteiger partial charge in [-0.05, 0) is 24.6 Å². The number of amides is 1. The zero-order chi connectivity index (χ0) is 19.2. The Morgan fingerprint density at radius 3 is 2.48 bits per heavy atom. The summed E-state index contributed by atoms with van der Waals surface area (Å²) in [4.78, 5) is 12.1. The van der Waals surface area contributed by atoms with Crippen molar-refractivity contribution in [2.75, 3.05) is 12.9 Å². The minimum atomic E-state index is -0.0456. The first-order valence-electron chi connectivity index (χ1n) is 8.55. The van der Waals surface area contributed by atoms with Crippen LogP contribution in [-0.4, -0.2) is 33.5 Å². The van der Waals surface area contributed by atoms with Crippen LogP contribution in [0.15, 0.2) is 53.7 Å². The Bertz CT molecular complexity index is 905. The van der Waals surface area contributed by atoms with E-state index in [2.05, 4.69) is 15.5 Å². The summed E-state index contributed by atoms with van der Waals surface area (Å²) in [6.45, 7) is 2.53. The molecular formula is C20H22N4O2S. The van der Waals surface area contributed by atoms with E-state index in [-0.39, 0.29) is 11.7 Å². The van der Waals surface area contributed by atoms with E-state index in [9.17, 15) is 4.79 Å². The SMILES string of the molecule is COc1ccc(CNC(=O)CSc2nnc(-c3ccc(C)cc3)n2C)cc1. The van der Waals surface area contributed by atoms with Gasteiger partial charge in [0, 0.05) is 19.2 Å². The quantitative estimate of drug-likeness (QED) is 0.636. The molecule has 1 N–H and O–H groups in total. The Morgan fingerprint density at radius 1 is 1.11 bits per heavy atom. The van der Waals surface area contributed by atoms with Crippen molar-refractivity contribution in [3.05, 3.63) is 59.7 Å². The third-order valence-electron chi connectivity index (χ3n) is 4.13. The number of methoxy groups -OCH3 is 1. The second kappa shape index (κ2) is 8.73. The highest BCUT2D eigenvalue weighted by Gasteiger charge is 2.12. The van der Waals surface area contributed by atoms with Crippen molar-refractivity contribution in [2.45, 2.75) is 18.6 Å². The number of benzene rings is 2. The molecule has 0 aliphatic rings. The second-order valence-electron chi connectivity index (χ2n) is 6.14. The van der Waals surface area contributed by atoms with Crippen LogP contribution in [0.5, 0.6) is 5.75 Å². The molecule has 3 rings (SSSR count). The summed E-state index contributed by atoms with van der Waals surface area (Å²) in [6, 6.07) is 15.8. The molecule has 0 bridgehead atoms. The maximum absolute atomic E-state index is 12.1. The van der Waals surface area contributed by atoms with Gasteiger partial charge in [-0.3, -0.25) is 4.79 Å². The number of rotatable bonds is 7. The van der Waals surface area contributed by atoms with Crippen molar-refractivity contribution in [1.29, 1.82) is 0 Å². The predicted molar refractivity (Wildman–Crippen MR) is 107 cm³/mol. The van der Waals surface area contributed by atoms with Crippen molar-refractivity contribution < 1.29 is 9.53 Å². The summed E-state index contributed by atoms with van der Waals surface area (Å²) in [5.41, 5.74) is 3.23. The number of hydrogen-bond acceptors (Lipinski definition) is 5. The Morgan fingerprint density at radius 2 is 1.81 bits per heavy atom. The van der Waals surface area contributed by atoms with E-state index in [4.69, 9.17) is 4.74 Å². The maximum Gasteiger partial charge on any atom is 0.230 e. The van der Waals surface area contributed by atoms with E-state index in [1.807, 2.05) is 67.1 Å². The number of carbonyl (C=O) groups is 1. The van der Waals surface area contributed by atoms with Crippen LogP contribution in [-0.2, 0) is 18.4 Å². The predicted octanol–water partition coefficient (Wildman–Crippen LogP) is 3.21. The van der Waals surface area contributed by atoms with Crippen LogP contribution < -0.4 is 10.1 Å². The van der Waals surface area contributed by atoms with Gasteiger partial charge in [0.25, 0.3) is 0 Å². The standard InChI is InChI=1S/C20H22N4O2S/c1-14-4-8-16(9-5-14)19-22-23-20(24(19)2)27-13-18(25)21-12-15-6-10-17(26-3)11-7-15/h4-11H,12-13H2,1-3H3,(H,21,25). The average molecular weight is 382 g/mol. The first kappa shape index (κ1) is 19.0. The zero-order valence-electron chi connectivity index (χ0n) is 15.6. The maximum atomic E-state index is 12.1. The molecule has 7 heteroatoms. The van der Waals surface area contributed by atoms with E-state index in [1.54, 1.807) is 7.11 Å². The number of nitrogens with one attached hydrogen (secondary N) is 1. The highest BCUT2D eigenvalue weighted by Crippen LogP contribution is 2.22. The Labute approximate surface area is 163 Å². The van der Waals surface area contributed by atoms with Crippen LogP contribution in [0, 0.1) is 6.92 Å². The lowest BCUT2D eigenvalue weighted by Crippen LogP contribution is -2.24. The molecule has 3 aromatic rings. The van der Waals surface area contributed by atoms with E-state index >= 15 is 0 Å². The topological polar surface area (TPSA) is 69.0 Å². The summed E-state index contributed by atoms with van der Waals surface area (Å²) >= 11 is 1.37. The van der Waals surface area contributed by atoms with Gasteiger partial charge in [0.1, 0.15) is 5.75 Å². The highest BCUT2D eigenvalue weighted by molar-refractivity contribution is 7.99. The molecule has 140 valence electrons. The smallest absolute Gasteiger partial charge is 0.230 e. The fourth-order valence-corrected chi connectivity index (χ4v) is 3.26. The molecule has 0 unspecified atom stereocenters. The summed E-state index contributed by atoms with van der Waals surface area (Å²) in [6.07, 6.45) is 0. The van der Waals surface area contributed by atoms with Crippen LogP contribution in [0.1, 0.15) is 11.1 Å². The van der Waals surface area contributed by atoms with Gasteiger partial charge in [0.2, 0.25) is 5.91 Å². The monoisotopic (exact) mass is 382 g/mol. The molecule has 1 heterocycles. The number of hydrogen-bond donors (Lipinski definition) is 1. The van der Waals surface area contributed by atoms with Crippen molar-refractivity contribution in [3.63, 3.8) is 0 Å². The lowest BCUT2D eigenvalue weighted by molar-refractivity contribution is -0.118. The molecule has 27 heavy (non-hydrogen) atoms. The highest BCUT2D eigenvalue weighted by atomic mass is 32.2. The van der Waals surface area contributed by atoms with E-state index < -0.39 is 0 Å². The largest absolute Gasteiger partial charge is 0.497 e. The number of aromatic nitrogens is 3. The van der Waals surface area contributed by atoms with Gasteiger partial charge in [-0.25, -0.2) is 0 Å². The van der Waals surface area contributed by atoms with Crippen LogP contribution in [0.25, 0.3) is 11.4 Å². The first-order valence-corrected chi connectivity index (χ1v) is 9.54. The minimum Gasteiger partial charge on any atom is -0.497 e. The molecule has 0 saturated carbocycles. The zero-order valence-corrected chi connectivity index (χ0v) is 16.4. The normalized spacial score (nSPS) is 10.6. The second-order valence-corrected chi connectivity index (χ2v) is 7.09. The lowest BCUT2D eigenvalue weighted by atomic mass is 10.1. The number of carbonyl (C=O) groups excluding carboxylic acids is 1. The molecule has 0 aliphatic carbocycles. The number of thioether (sulfide) groups is 1. The van der Waals surface area contributed by atoms with Crippen molar-refractivity contribution in [1.82, 2.24) is 20.1 Å². The van der Waals surface area contributed by atoms with E-state index in [1.165, 1.54) is 17.3 Å². The molecular weight excluding hydrogens is 360 g/mol. The van der Waals surface area contributed by atoms with Crippen LogP contribution in [0.2, 0.25) is 0 Å². The van der Waals surface area contributed by atoms with Crippen LogP contribution >= 0.6 is 11.8 Å². The summed E-state index contributed by atoms with van der Waals surface area (Å²) in [5, 5.41) is 12.1. The summed E-state index contributed by atoms with van der Waals surface area (Å²) < 4.78 is 7.04. The van der Waals surface area contributed by atoms with Gasteiger partial charge in [-0.1, -0.05) is 53.7 Å². The van der Waals surface area contributed by atoms with Crippen molar-refractivity contribution in [2.24, 2.45) is 7.05 Å². The molecule has 0 spiro atoms. The fourth-order valence-electron chi connectivity index (χ4n) is 2.52. The summed E-state index contributed by atoms with van der Waals surface area (Å²) in [5.74, 6) is 1.83. The van der Waals surface area contributed by atoms with Crippen LogP contribution in [0.4, 0.5) is 0 Å². The molecule has 0 saturated heterocycles. The Hall–Kier alpha value is -2.80. The minimum absolute atomic E-state index is 0.0456. The van der Waals surface area contributed by atoms with Gasteiger partial charge >= 0.3 is 0 Å². The van der Waals surface area contributed by atoms with Gasteiger partial charge < -0.3 is 14.6 Å². The molecule has 0 radical (unpaired) electrons. The van der Waals surface area contributed by atoms with Gasteiger partial charge in [-0.15, -0.1) is 10.2 Å².